The van der Waals surface area contributed by atoms with E-state index in [9.17, 15) is 4.79 Å². The molecule has 1 aromatic heterocycles. The first-order valence-corrected chi connectivity index (χ1v) is 9.84. The Morgan fingerprint density at radius 1 is 1.11 bits per heavy atom. The van der Waals surface area contributed by atoms with Crippen molar-refractivity contribution in [2.24, 2.45) is 0 Å². The van der Waals surface area contributed by atoms with E-state index < -0.39 is 0 Å². The van der Waals surface area contributed by atoms with Gasteiger partial charge in [0.1, 0.15) is 17.6 Å². The molecule has 0 saturated carbocycles. The van der Waals surface area contributed by atoms with E-state index in [1.54, 1.807) is 6.92 Å². The molecule has 3 rings (SSSR count). The summed E-state index contributed by atoms with van der Waals surface area (Å²) in [5.41, 5.74) is 2.29. The fourth-order valence-electron chi connectivity index (χ4n) is 2.59. The molecule has 146 valence electrons. The Kier molecular flexibility index (Phi) is 6.71. The summed E-state index contributed by atoms with van der Waals surface area (Å²) >= 11 is 1.33. The van der Waals surface area contributed by atoms with Gasteiger partial charge in [-0.2, -0.15) is 0 Å². The van der Waals surface area contributed by atoms with Gasteiger partial charge in [0.15, 0.2) is 11.0 Å². The van der Waals surface area contributed by atoms with Gasteiger partial charge in [0.2, 0.25) is 0 Å². The lowest BCUT2D eigenvalue weighted by Crippen LogP contribution is -2.16. The van der Waals surface area contributed by atoms with E-state index in [4.69, 9.17) is 9.47 Å². The van der Waals surface area contributed by atoms with Gasteiger partial charge in [-0.05, 0) is 31.5 Å². The van der Waals surface area contributed by atoms with Crippen LogP contribution in [0.25, 0.3) is 0 Å². The molecule has 2 aromatic carbocycles. The molecular weight excluding hydrogens is 374 g/mol. The molecule has 1 atom stereocenters. The molecule has 0 unspecified atom stereocenters. The zero-order valence-electron chi connectivity index (χ0n) is 16.2. The maximum atomic E-state index is 11.8. The number of hydrogen-bond acceptors (Lipinski definition) is 6. The smallest absolute Gasteiger partial charge is 0.318 e. The lowest BCUT2D eigenvalue weighted by Gasteiger charge is -2.13. The van der Waals surface area contributed by atoms with Gasteiger partial charge < -0.3 is 9.47 Å². The van der Waals surface area contributed by atoms with Gasteiger partial charge >= 0.3 is 5.97 Å². The van der Waals surface area contributed by atoms with E-state index in [1.165, 1.54) is 24.4 Å². The van der Waals surface area contributed by atoms with Crippen LogP contribution in [0.15, 0.2) is 59.8 Å². The Hall–Kier alpha value is -2.80. The topological polar surface area (TPSA) is 66.2 Å². The second-order valence-corrected chi connectivity index (χ2v) is 7.66. The highest BCUT2D eigenvalue weighted by Crippen LogP contribution is 2.25. The van der Waals surface area contributed by atoms with Crippen LogP contribution in [0, 0.1) is 6.92 Å². The largest absolute Gasteiger partial charge is 0.486 e. The Bertz CT molecular complexity index is 910. The van der Waals surface area contributed by atoms with Crippen molar-refractivity contribution < 1.29 is 14.3 Å². The van der Waals surface area contributed by atoms with Gasteiger partial charge in [-0.3, -0.25) is 9.36 Å². The van der Waals surface area contributed by atoms with Crippen molar-refractivity contribution in [3.05, 3.63) is 71.5 Å². The summed E-state index contributed by atoms with van der Waals surface area (Å²) < 4.78 is 12.7. The number of methoxy groups -OCH3 is 1. The highest BCUT2D eigenvalue weighted by atomic mass is 32.2. The van der Waals surface area contributed by atoms with Crippen LogP contribution in [0.5, 0.6) is 5.75 Å². The van der Waals surface area contributed by atoms with Gasteiger partial charge in [-0.1, -0.05) is 59.8 Å². The van der Waals surface area contributed by atoms with Crippen molar-refractivity contribution in [3.8, 4) is 5.75 Å². The first-order chi connectivity index (χ1) is 13.6. The van der Waals surface area contributed by atoms with E-state index in [0.29, 0.717) is 17.5 Å². The molecular formula is C21H23N3O3S. The van der Waals surface area contributed by atoms with Crippen LogP contribution in [0.3, 0.4) is 0 Å². The summed E-state index contributed by atoms with van der Waals surface area (Å²) in [6.07, 6.45) is 0. The van der Waals surface area contributed by atoms with Gasteiger partial charge in [-0.15, -0.1) is 10.2 Å². The molecule has 0 fully saturated rings. The number of thioether (sulfide) groups is 1. The second kappa shape index (κ2) is 9.41. The van der Waals surface area contributed by atoms with Gasteiger partial charge in [0.25, 0.3) is 0 Å². The summed E-state index contributed by atoms with van der Waals surface area (Å²) in [7, 11) is 1.38. The molecule has 0 bridgehead atoms. The molecule has 0 aliphatic heterocycles. The molecule has 0 aliphatic carbocycles. The van der Waals surface area contributed by atoms with Crippen molar-refractivity contribution in [1.82, 2.24) is 14.8 Å². The van der Waals surface area contributed by atoms with Crippen molar-refractivity contribution >= 4 is 17.7 Å². The van der Waals surface area contributed by atoms with Crippen molar-refractivity contribution in [2.45, 2.75) is 37.4 Å². The Morgan fingerprint density at radius 3 is 2.50 bits per heavy atom. The maximum absolute atomic E-state index is 11.8. The zero-order valence-corrected chi connectivity index (χ0v) is 17.0. The molecule has 0 aliphatic rings. The SMILES string of the molecule is COC(=O)[C@H](C)Sc1nnc(COc2ccc(C)cc2)n1Cc1ccccc1. The number of carbonyl (C=O) groups excluding carboxylic acids is 1. The molecule has 0 saturated heterocycles. The molecule has 0 radical (unpaired) electrons. The van der Waals surface area contributed by atoms with Crippen LogP contribution in [0.2, 0.25) is 0 Å². The molecule has 6 nitrogen and oxygen atoms in total. The van der Waals surface area contributed by atoms with E-state index >= 15 is 0 Å². The predicted molar refractivity (Wildman–Crippen MR) is 108 cm³/mol. The molecule has 3 aromatic rings. The third-order valence-electron chi connectivity index (χ3n) is 4.18. The van der Waals surface area contributed by atoms with Crippen LogP contribution in [-0.4, -0.2) is 33.1 Å². The molecule has 28 heavy (non-hydrogen) atoms. The predicted octanol–water partition coefficient (Wildman–Crippen LogP) is 3.87. The molecule has 1 heterocycles. The highest BCUT2D eigenvalue weighted by molar-refractivity contribution is 8.00. The van der Waals surface area contributed by atoms with Crippen molar-refractivity contribution in [3.63, 3.8) is 0 Å². The van der Waals surface area contributed by atoms with Crippen LogP contribution < -0.4 is 4.74 Å². The Labute approximate surface area is 168 Å². The summed E-state index contributed by atoms with van der Waals surface area (Å²) in [6.45, 7) is 4.71. The van der Waals surface area contributed by atoms with Gasteiger partial charge in [0, 0.05) is 0 Å². The number of esters is 1. The molecule has 0 amide bonds. The third kappa shape index (κ3) is 5.13. The number of carbonyl (C=O) groups is 1. The number of nitrogens with zero attached hydrogens (tertiary/aromatic N) is 3. The lowest BCUT2D eigenvalue weighted by molar-refractivity contribution is -0.139. The fourth-order valence-corrected chi connectivity index (χ4v) is 3.49. The van der Waals surface area contributed by atoms with Crippen molar-refractivity contribution in [2.75, 3.05) is 7.11 Å². The normalized spacial score (nSPS) is 11.8. The van der Waals surface area contributed by atoms with E-state index in [2.05, 4.69) is 10.2 Å². The lowest BCUT2D eigenvalue weighted by atomic mass is 10.2. The second-order valence-electron chi connectivity index (χ2n) is 6.36. The first kappa shape index (κ1) is 19.9. The van der Waals surface area contributed by atoms with Crippen molar-refractivity contribution in [1.29, 1.82) is 0 Å². The summed E-state index contributed by atoms with van der Waals surface area (Å²) in [6, 6.07) is 17.9. The quantitative estimate of drug-likeness (QED) is 0.425. The number of benzene rings is 2. The molecule has 7 heteroatoms. The van der Waals surface area contributed by atoms with E-state index in [1.807, 2.05) is 66.1 Å². The molecule has 0 N–H and O–H groups in total. The number of ether oxygens (including phenoxy) is 2. The maximum Gasteiger partial charge on any atom is 0.318 e. The molecule has 0 spiro atoms. The average molecular weight is 398 g/mol. The van der Waals surface area contributed by atoms with Crippen LogP contribution in [0.1, 0.15) is 23.9 Å². The Morgan fingerprint density at radius 2 is 1.82 bits per heavy atom. The minimum atomic E-state index is -0.380. The minimum Gasteiger partial charge on any atom is -0.486 e. The van der Waals surface area contributed by atoms with E-state index in [0.717, 1.165) is 11.3 Å². The van der Waals surface area contributed by atoms with Gasteiger partial charge in [0.05, 0.1) is 13.7 Å². The first-order valence-electron chi connectivity index (χ1n) is 8.96. The van der Waals surface area contributed by atoms with Crippen LogP contribution in [-0.2, 0) is 22.7 Å². The van der Waals surface area contributed by atoms with Gasteiger partial charge in [-0.25, -0.2) is 0 Å². The number of aryl methyl sites for hydroxylation is 1. The summed E-state index contributed by atoms with van der Waals surface area (Å²) in [5.74, 6) is 1.18. The summed E-state index contributed by atoms with van der Waals surface area (Å²) in [5, 5.41) is 8.86. The average Bonchev–Trinajstić information content (AvgIpc) is 3.09. The number of rotatable bonds is 8. The minimum absolute atomic E-state index is 0.288. The highest BCUT2D eigenvalue weighted by Gasteiger charge is 2.21. The fraction of sp³-hybridized carbons (Fsp3) is 0.286. The Balaban J connectivity index is 1.81. The monoisotopic (exact) mass is 397 g/mol. The zero-order chi connectivity index (χ0) is 19.9. The number of aromatic nitrogens is 3. The third-order valence-corrected chi connectivity index (χ3v) is 5.24. The summed E-state index contributed by atoms with van der Waals surface area (Å²) in [4.78, 5) is 11.8. The number of hydrogen-bond donors (Lipinski definition) is 0. The van der Waals surface area contributed by atoms with Crippen LogP contribution >= 0.6 is 11.8 Å². The van der Waals surface area contributed by atoms with Crippen LogP contribution in [0.4, 0.5) is 0 Å². The standard InChI is InChI=1S/C21H23N3O3S/c1-15-9-11-18(12-10-15)27-14-19-22-23-21(28-16(2)20(25)26-3)24(19)13-17-7-5-4-6-8-17/h4-12,16H,13-14H2,1-3H3/t16-/m0/s1. The van der Waals surface area contributed by atoms with E-state index in [-0.39, 0.29) is 17.8 Å².